The van der Waals surface area contributed by atoms with Crippen molar-refractivity contribution in [2.75, 3.05) is 0 Å². The van der Waals surface area contributed by atoms with E-state index in [1.807, 2.05) is 45.8 Å². The Morgan fingerprint density at radius 3 is 1.26 bits per heavy atom. The number of imidazole rings is 2. The summed E-state index contributed by atoms with van der Waals surface area (Å²) in [5.41, 5.74) is 3.36. The highest BCUT2D eigenvalue weighted by Crippen LogP contribution is 2.08. The summed E-state index contributed by atoms with van der Waals surface area (Å²) in [6.07, 6.45) is 10.6. The number of aromatic nitrogens is 4. The van der Waals surface area contributed by atoms with Crippen LogP contribution in [0.25, 0.3) is 11.4 Å². The minimum atomic E-state index is 0. The van der Waals surface area contributed by atoms with Crippen LogP contribution in [-0.2, 0) is 0 Å². The van der Waals surface area contributed by atoms with Gasteiger partial charge in [0.2, 0.25) is 0 Å². The van der Waals surface area contributed by atoms with Gasteiger partial charge in [0, 0.05) is 36.2 Å². The Kier molecular flexibility index (Phi) is 6.90. The molecule has 0 aliphatic rings. The summed E-state index contributed by atoms with van der Waals surface area (Å²) in [6, 6.07) is 18.9. The first-order valence-electron chi connectivity index (χ1n) is 7.77. The summed E-state index contributed by atoms with van der Waals surface area (Å²) in [4.78, 5) is 7.88. The van der Waals surface area contributed by atoms with Gasteiger partial charge in [-0.2, -0.15) is 10.5 Å². The molecule has 2 aromatic heterocycles. The van der Waals surface area contributed by atoms with Crippen molar-refractivity contribution >= 4 is 12.4 Å². The van der Waals surface area contributed by atoms with E-state index >= 15 is 0 Å². The summed E-state index contributed by atoms with van der Waals surface area (Å²) in [5, 5.41) is 17.2. The topological polar surface area (TPSA) is 83.2 Å². The van der Waals surface area contributed by atoms with Crippen molar-refractivity contribution < 1.29 is 0 Å². The number of nitrogens with zero attached hydrogens (tertiary/aromatic N) is 6. The molecule has 27 heavy (non-hydrogen) atoms. The quantitative estimate of drug-likeness (QED) is 0.532. The maximum absolute atomic E-state index is 8.59. The van der Waals surface area contributed by atoms with E-state index in [4.69, 9.17) is 10.5 Å². The van der Waals surface area contributed by atoms with Crippen molar-refractivity contribution in [3.05, 3.63) is 97.1 Å². The lowest BCUT2D eigenvalue weighted by Gasteiger charge is -1.99. The minimum absolute atomic E-state index is 0. The lowest BCUT2D eigenvalue weighted by Crippen LogP contribution is -1.88. The van der Waals surface area contributed by atoms with Gasteiger partial charge in [-0.05, 0) is 48.5 Å². The van der Waals surface area contributed by atoms with Gasteiger partial charge in [0.25, 0.3) is 0 Å². The largest absolute Gasteiger partial charge is 0.306 e. The molecule has 2 aromatic carbocycles. The Bertz CT molecular complexity index is 934. The third-order valence-corrected chi connectivity index (χ3v) is 3.60. The van der Waals surface area contributed by atoms with Crippen LogP contribution in [-0.4, -0.2) is 19.1 Å². The van der Waals surface area contributed by atoms with E-state index < -0.39 is 0 Å². The molecule has 0 aliphatic heterocycles. The van der Waals surface area contributed by atoms with Crippen LogP contribution < -0.4 is 0 Å². The average molecular weight is 375 g/mol. The van der Waals surface area contributed by atoms with E-state index in [-0.39, 0.29) is 12.4 Å². The highest BCUT2D eigenvalue weighted by Gasteiger charge is 1.95. The molecule has 0 atom stereocenters. The molecular formula is C20H15ClN6. The molecule has 132 valence electrons. The van der Waals surface area contributed by atoms with Gasteiger partial charge in [0.05, 0.1) is 35.9 Å². The van der Waals surface area contributed by atoms with E-state index in [1.54, 1.807) is 49.3 Å². The van der Waals surface area contributed by atoms with Crippen molar-refractivity contribution in [1.82, 2.24) is 19.1 Å². The fourth-order valence-corrected chi connectivity index (χ4v) is 2.24. The van der Waals surface area contributed by atoms with Crippen molar-refractivity contribution in [2.45, 2.75) is 0 Å². The van der Waals surface area contributed by atoms with Crippen LogP contribution in [0.1, 0.15) is 11.1 Å². The Labute approximate surface area is 163 Å². The monoisotopic (exact) mass is 374 g/mol. The summed E-state index contributed by atoms with van der Waals surface area (Å²) in [7, 11) is 0. The summed E-state index contributed by atoms with van der Waals surface area (Å²) in [5.74, 6) is 0. The fourth-order valence-electron chi connectivity index (χ4n) is 2.24. The molecule has 0 spiro atoms. The van der Waals surface area contributed by atoms with Gasteiger partial charge in [-0.1, -0.05) is 0 Å². The molecule has 0 fully saturated rings. The van der Waals surface area contributed by atoms with E-state index in [0.717, 1.165) is 11.4 Å². The second-order valence-corrected chi connectivity index (χ2v) is 5.26. The van der Waals surface area contributed by atoms with Crippen LogP contribution in [0.15, 0.2) is 86.0 Å². The Morgan fingerprint density at radius 2 is 1.00 bits per heavy atom. The van der Waals surface area contributed by atoms with Crippen LogP contribution in [0.3, 0.4) is 0 Å². The smallest absolute Gasteiger partial charge is 0.0991 e. The van der Waals surface area contributed by atoms with Crippen LogP contribution in [0.4, 0.5) is 0 Å². The number of benzene rings is 2. The molecule has 7 heteroatoms. The van der Waals surface area contributed by atoms with Gasteiger partial charge in [-0.15, -0.1) is 12.4 Å². The molecule has 4 rings (SSSR count). The first-order valence-corrected chi connectivity index (χ1v) is 7.77. The SMILES string of the molecule is Cl.N#Cc1ccc(-n2ccnc2)cc1.N#Cc1ccc(-n2ccnc2)cc1. The molecule has 0 radical (unpaired) electrons. The van der Waals surface area contributed by atoms with E-state index in [2.05, 4.69) is 22.1 Å². The standard InChI is InChI=1S/2C10H7N3.ClH/c2*11-7-9-1-3-10(4-2-9)13-6-5-12-8-13;/h2*1-6,8H;1H. The fraction of sp³-hybridized carbons (Fsp3) is 0. The summed E-state index contributed by atoms with van der Waals surface area (Å²) < 4.78 is 3.78. The zero-order valence-corrected chi connectivity index (χ0v) is 15.0. The molecular weight excluding hydrogens is 360 g/mol. The molecule has 4 aromatic rings. The second kappa shape index (κ2) is 9.57. The number of rotatable bonds is 2. The molecule has 0 saturated carbocycles. The van der Waals surface area contributed by atoms with Gasteiger partial charge in [0.1, 0.15) is 0 Å². The molecule has 0 saturated heterocycles. The maximum Gasteiger partial charge on any atom is 0.0991 e. The van der Waals surface area contributed by atoms with Gasteiger partial charge in [0.15, 0.2) is 0 Å². The van der Waals surface area contributed by atoms with Gasteiger partial charge in [-0.3, -0.25) is 0 Å². The highest BCUT2D eigenvalue weighted by atomic mass is 35.5. The number of nitriles is 2. The van der Waals surface area contributed by atoms with Gasteiger partial charge < -0.3 is 9.13 Å². The average Bonchev–Trinajstić information content (AvgIpc) is 3.43. The van der Waals surface area contributed by atoms with Crippen LogP contribution in [0, 0.1) is 22.7 Å². The number of hydrogen-bond acceptors (Lipinski definition) is 4. The first kappa shape index (κ1) is 19.5. The van der Waals surface area contributed by atoms with Crippen LogP contribution >= 0.6 is 12.4 Å². The van der Waals surface area contributed by atoms with E-state index in [0.29, 0.717) is 11.1 Å². The predicted octanol–water partition coefficient (Wildman–Crippen LogP) is 3.91. The van der Waals surface area contributed by atoms with E-state index in [9.17, 15) is 0 Å². The van der Waals surface area contributed by atoms with Crippen LogP contribution in [0.5, 0.6) is 0 Å². The van der Waals surface area contributed by atoms with Crippen molar-refractivity contribution in [3.8, 4) is 23.5 Å². The summed E-state index contributed by atoms with van der Waals surface area (Å²) >= 11 is 0. The third-order valence-electron chi connectivity index (χ3n) is 3.60. The summed E-state index contributed by atoms with van der Waals surface area (Å²) in [6.45, 7) is 0. The Morgan fingerprint density at radius 1 is 0.630 bits per heavy atom. The third kappa shape index (κ3) is 5.05. The lowest BCUT2D eigenvalue weighted by atomic mass is 10.2. The molecule has 0 unspecified atom stereocenters. The first-order chi connectivity index (χ1) is 12.8. The second-order valence-electron chi connectivity index (χ2n) is 5.26. The van der Waals surface area contributed by atoms with Gasteiger partial charge >= 0.3 is 0 Å². The van der Waals surface area contributed by atoms with Crippen molar-refractivity contribution in [3.63, 3.8) is 0 Å². The number of halogens is 1. The van der Waals surface area contributed by atoms with Crippen molar-refractivity contribution in [1.29, 1.82) is 10.5 Å². The molecule has 0 aliphatic carbocycles. The number of hydrogen-bond donors (Lipinski definition) is 0. The van der Waals surface area contributed by atoms with Crippen LogP contribution in [0.2, 0.25) is 0 Å². The predicted molar refractivity (Wildman–Crippen MR) is 104 cm³/mol. The molecule has 0 amide bonds. The Hall–Kier alpha value is -3.87. The van der Waals surface area contributed by atoms with Gasteiger partial charge in [-0.25, -0.2) is 9.97 Å². The minimum Gasteiger partial charge on any atom is -0.306 e. The highest BCUT2D eigenvalue weighted by molar-refractivity contribution is 5.85. The zero-order valence-electron chi connectivity index (χ0n) is 14.2. The molecule has 0 N–H and O–H groups in total. The lowest BCUT2D eigenvalue weighted by molar-refractivity contribution is 1.06. The molecule has 6 nitrogen and oxygen atoms in total. The van der Waals surface area contributed by atoms with E-state index in [1.165, 1.54) is 0 Å². The Balaban J connectivity index is 0.000000187. The molecule has 2 heterocycles. The normalized spacial score (nSPS) is 9.11. The molecule has 0 bridgehead atoms. The zero-order chi connectivity index (χ0) is 18.2. The van der Waals surface area contributed by atoms with Crippen molar-refractivity contribution in [2.24, 2.45) is 0 Å². The maximum atomic E-state index is 8.59.